The average molecular weight is 243 g/mol. The third-order valence-electron chi connectivity index (χ3n) is 2.48. The van der Waals surface area contributed by atoms with Crippen molar-refractivity contribution in [1.82, 2.24) is 0 Å². The molecule has 0 aliphatic carbocycles. The smallest absolute Gasteiger partial charge is 0.303 e. The summed E-state index contributed by atoms with van der Waals surface area (Å²) in [5, 5.41) is 10.8. The van der Waals surface area contributed by atoms with Gasteiger partial charge < -0.3 is 5.11 Å². The van der Waals surface area contributed by atoms with Gasteiger partial charge >= 0.3 is 5.97 Å². The monoisotopic (exact) mass is 243 g/mol. The molecule has 0 aliphatic rings. The van der Waals surface area contributed by atoms with E-state index in [0.29, 0.717) is 6.42 Å². The number of unbranched alkanes of at least 4 members (excludes halogenated alkanes) is 7. The summed E-state index contributed by atoms with van der Waals surface area (Å²) < 4.78 is 0. The van der Waals surface area contributed by atoms with E-state index in [1.807, 2.05) is 0 Å². The molecule has 0 aromatic rings. The molecule has 0 heterocycles. The molecule has 0 amide bonds. The number of carboxylic acids is 1. The van der Waals surface area contributed by atoms with Gasteiger partial charge in [-0.25, -0.2) is 4.99 Å². The van der Waals surface area contributed by atoms with E-state index in [2.05, 4.69) is 22.4 Å². The summed E-state index contributed by atoms with van der Waals surface area (Å²) in [6, 6.07) is 0. The van der Waals surface area contributed by atoms with Gasteiger partial charge in [0.25, 0.3) is 0 Å². The Bertz CT molecular complexity index is 215. The van der Waals surface area contributed by atoms with Crippen LogP contribution >= 0.6 is 12.2 Å². The number of hydrogen-bond donors (Lipinski definition) is 1. The third kappa shape index (κ3) is 13.3. The second-order valence-electron chi connectivity index (χ2n) is 3.95. The highest BCUT2D eigenvalue weighted by Crippen LogP contribution is 2.09. The van der Waals surface area contributed by atoms with Crippen LogP contribution in [-0.2, 0) is 4.79 Å². The van der Waals surface area contributed by atoms with Crippen LogP contribution in [0.2, 0.25) is 0 Å². The Kier molecular flexibility index (Phi) is 11.8. The van der Waals surface area contributed by atoms with Gasteiger partial charge in [-0.1, -0.05) is 38.5 Å². The Morgan fingerprint density at radius 2 is 1.50 bits per heavy atom. The predicted molar refractivity (Wildman–Crippen MR) is 69.1 cm³/mol. The van der Waals surface area contributed by atoms with Gasteiger partial charge in [-0.3, -0.25) is 4.79 Å². The maximum atomic E-state index is 10.2. The zero-order valence-electron chi connectivity index (χ0n) is 9.78. The predicted octanol–water partition coefficient (Wildman–Crippen LogP) is 3.68. The largest absolute Gasteiger partial charge is 0.481 e. The summed E-state index contributed by atoms with van der Waals surface area (Å²) in [5.41, 5.74) is 0. The van der Waals surface area contributed by atoms with Gasteiger partial charge in [-0.05, 0) is 25.1 Å². The number of hydrogen-bond acceptors (Lipinski definition) is 3. The lowest BCUT2D eigenvalue weighted by atomic mass is 10.1. The summed E-state index contributed by atoms with van der Waals surface area (Å²) in [6.45, 7) is 0.808. The molecule has 0 bridgehead atoms. The minimum Gasteiger partial charge on any atom is -0.481 e. The first kappa shape index (κ1) is 15.3. The first-order chi connectivity index (χ1) is 7.77. The Morgan fingerprint density at radius 3 is 2.00 bits per heavy atom. The number of rotatable bonds is 11. The minimum atomic E-state index is -0.681. The topological polar surface area (TPSA) is 49.7 Å². The Hall–Kier alpha value is -0.730. The Morgan fingerprint density at radius 1 is 1.00 bits per heavy atom. The third-order valence-corrected chi connectivity index (χ3v) is 2.60. The van der Waals surface area contributed by atoms with Crippen LogP contribution in [0.4, 0.5) is 0 Å². The van der Waals surface area contributed by atoms with Gasteiger partial charge in [0.15, 0.2) is 0 Å². The molecule has 0 aliphatic heterocycles. The van der Waals surface area contributed by atoms with E-state index in [1.165, 1.54) is 25.7 Å². The first-order valence-electron chi connectivity index (χ1n) is 6.03. The van der Waals surface area contributed by atoms with Crippen LogP contribution in [-0.4, -0.2) is 22.8 Å². The molecule has 0 saturated carbocycles. The van der Waals surface area contributed by atoms with Gasteiger partial charge in [0.1, 0.15) is 0 Å². The van der Waals surface area contributed by atoms with Crippen molar-refractivity contribution in [2.24, 2.45) is 4.99 Å². The lowest BCUT2D eigenvalue weighted by Crippen LogP contribution is -1.93. The fraction of sp³-hybridized carbons (Fsp3) is 0.833. The molecule has 16 heavy (non-hydrogen) atoms. The van der Waals surface area contributed by atoms with Crippen LogP contribution in [0.3, 0.4) is 0 Å². The maximum absolute atomic E-state index is 10.2. The molecular formula is C12H21NO2S. The summed E-state index contributed by atoms with van der Waals surface area (Å²) >= 11 is 4.47. The number of nitrogens with zero attached hydrogens (tertiary/aromatic N) is 1. The normalized spacial score (nSPS) is 9.75. The maximum Gasteiger partial charge on any atom is 0.303 e. The summed E-state index contributed by atoms with van der Waals surface area (Å²) in [5.74, 6) is -0.681. The van der Waals surface area contributed by atoms with Crippen LogP contribution in [0.5, 0.6) is 0 Å². The lowest BCUT2D eigenvalue weighted by molar-refractivity contribution is -0.137. The van der Waals surface area contributed by atoms with Gasteiger partial charge in [0.2, 0.25) is 0 Å². The summed E-state index contributed by atoms with van der Waals surface area (Å²) in [7, 11) is 0. The van der Waals surface area contributed by atoms with Crippen molar-refractivity contribution >= 4 is 23.3 Å². The number of thiocarbonyl (C=S) groups is 1. The van der Waals surface area contributed by atoms with Crippen LogP contribution in [0.15, 0.2) is 4.99 Å². The number of aliphatic carboxylic acids is 1. The molecular weight excluding hydrogens is 222 g/mol. The van der Waals surface area contributed by atoms with Gasteiger partial charge in [0, 0.05) is 13.0 Å². The van der Waals surface area contributed by atoms with Gasteiger partial charge in [0.05, 0.1) is 5.16 Å². The van der Waals surface area contributed by atoms with Crippen molar-refractivity contribution in [3.8, 4) is 0 Å². The molecule has 0 aromatic heterocycles. The molecule has 0 rings (SSSR count). The van der Waals surface area contributed by atoms with Crippen molar-refractivity contribution in [1.29, 1.82) is 0 Å². The zero-order chi connectivity index (χ0) is 12.1. The van der Waals surface area contributed by atoms with Crippen molar-refractivity contribution in [2.45, 2.75) is 57.8 Å². The lowest BCUT2D eigenvalue weighted by Gasteiger charge is -2.00. The molecule has 0 fully saturated rings. The second kappa shape index (κ2) is 12.3. The van der Waals surface area contributed by atoms with E-state index in [-0.39, 0.29) is 0 Å². The van der Waals surface area contributed by atoms with Crippen LogP contribution in [0, 0.1) is 0 Å². The summed E-state index contributed by atoms with van der Waals surface area (Å²) in [6.07, 6.45) is 9.34. The molecule has 0 saturated heterocycles. The van der Waals surface area contributed by atoms with E-state index < -0.39 is 5.97 Å². The standard InChI is InChI=1S/C12H21NO2S/c14-12(15)9-7-5-3-1-2-4-6-8-10-13-11-16/h1-10H2,(H,14,15). The highest BCUT2D eigenvalue weighted by molar-refractivity contribution is 7.78. The SMILES string of the molecule is O=C(O)CCCCCCCCCCN=C=S. The number of carbonyl (C=O) groups is 1. The second-order valence-corrected chi connectivity index (χ2v) is 4.13. The van der Waals surface area contributed by atoms with Crippen LogP contribution in [0.1, 0.15) is 57.8 Å². The van der Waals surface area contributed by atoms with Crippen LogP contribution in [0.25, 0.3) is 0 Å². The first-order valence-corrected chi connectivity index (χ1v) is 6.43. The molecule has 92 valence electrons. The number of aliphatic imine (C=N–C) groups is 1. The van der Waals surface area contributed by atoms with Crippen molar-refractivity contribution in [2.75, 3.05) is 6.54 Å². The van der Waals surface area contributed by atoms with E-state index in [4.69, 9.17) is 5.11 Å². The van der Waals surface area contributed by atoms with E-state index >= 15 is 0 Å². The molecule has 3 nitrogen and oxygen atoms in total. The van der Waals surface area contributed by atoms with Crippen molar-refractivity contribution in [3.63, 3.8) is 0 Å². The molecule has 0 atom stereocenters. The summed E-state index contributed by atoms with van der Waals surface area (Å²) in [4.78, 5) is 14.1. The fourth-order valence-corrected chi connectivity index (χ4v) is 1.66. The van der Waals surface area contributed by atoms with E-state index in [0.717, 1.165) is 32.2 Å². The Labute approximate surface area is 103 Å². The van der Waals surface area contributed by atoms with Crippen molar-refractivity contribution < 1.29 is 9.90 Å². The number of carboxylic acid groups (broad SMARTS) is 1. The van der Waals surface area contributed by atoms with Gasteiger partial charge in [-0.2, -0.15) is 0 Å². The Balaban J connectivity index is 2.98. The fourth-order valence-electron chi connectivity index (χ4n) is 1.57. The highest BCUT2D eigenvalue weighted by Gasteiger charge is 1.96. The van der Waals surface area contributed by atoms with Crippen molar-refractivity contribution in [3.05, 3.63) is 0 Å². The minimum absolute atomic E-state index is 0.315. The zero-order valence-corrected chi connectivity index (χ0v) is 10.6. The van der Waals surface area contributed by atoms with E-state index in [9.17, 15) is 4.79 Å². The molecule has 0 radical (unpaired) electrons. The quantitative estimate of drug-likeness (QED) is 0.342. The molecule has 1 N–H and O–H groups in total. The van der Waals surface area contributed by atoms with E-state index in [1.54, 1.807) is 0 Å². The molecule has 0 spiro atoms. The molecule has 4 heteroatoms. The average Bonchev–Trinajstić information content (AvgIpc) is 2.25. The molecule has 0 aromatic carbocycles. The van der Waals surface area contributed by atoms with Crippen LogP contribution < -0.4 is 0 Å². The number of isothiocyanates is 1. The molecule has 0 unspecified atom stereocenters. The van der Waals surface area contributed by atoms with Gasteiger partial charge in [-0.15, -0.1) is 0 Å². The highest BCUT2D eigenvalue weighted by atomic mass is 32.1.